The van der Waals surface area contributed by atoms with Gasteiger partial charge in [-0.2, -0.15) is 0 Å². The summed E-state index contributed by atoms with van der Waals surface area (Å²) in [4.78, 5) is 12.9. The maximum Gasteiger partial charge on any atom is 0.258 e. The van der Waals surface area contributed by atoms with Gasteiger partial charge < -0.3 is 4.57 Å². The molecule has 0 radical (unpaired) electrons. The number of nitrogens with zero attached hydrogens (tertiary/aromatic N) is 1. The van der Waals surface area contributed by atoms with Crippen molar-refractivity contribution in [3.63, 3.8) is 0 Å². The molecule has 0 aliphatic carbocycles. The van der Waals surface area contributed by atoms with Crippen LogP contribution in [0.3, 0.4) is 0 Å². The second-order valence-corrected chi connectivity index (χ2v) is 6.15. The van der Waals surface area contributed by atoms with Crippen LogP contribution in [0.2, 0.25) is 0 Å². The summed E-state index contributed by atoms with van der Waals surface area (Å²) in [5.74, 6) is -0.672. The molecule has 0 amide bonds. The minimum Gasteiger partial charge on any atom is -0.310 e. The van der Waals surface area contributed by atoms with Crippen molar-refractivity contribution in [2.45, 2.75) is 0 Å². The summed E-state index contributed by atoms with van der Waals surface area (Å²) in [5, 5.41) is 1.36. The first-order valence-electron chi connectivity index (χ1n) is 8.20. The first-order chi connectivity index (χ1) is 12.6. The van der Waals surface area contributed by atoms with E-state index in [1.165, 1.54) is 24.3 Å². The van der Waals surface area contributed by atoms with Gasteiger partial charge in [0.05, 0.1) is 5.69 Å². The summed E-state index contributed by atoms with van der Waals surface area (Å²) < 4.78 is 28.4. The van der Waals surface area contributed by atoms with E-state index in [4.69, 9.17) is 0 Å². The fourth-order valence-corrected chi connectivity index (χ4v) is 3.32. The Hall–Kier alpha value is -3.27. The zero-order valence-electron chi connectivity index (χ0n) is 14.0. The van der Waals surface area contributed by atoms with Crippen LogP contribution in [0.4, 0.5) is 8.78 Å². The molecule has 0 aliphatic heterocycles. The summed E-state index contributed by atoms with van der Waals surface area (Å²) in [5.41, 5.74) is 2.86. The zero-order chi connectivity index (χ0) is 18.3. The SMILES string of the molecule is Cn1c(-c2ccc(F)cc2)c(-c2ccc(F)cc2)c2ccccc2c1=O. The Morgan fingerprint density at radius 2 is 1.19 bits per heavy atom. The van der Waals surface area contributed by atoms with Crippen molar-refractivity contribution in [3.05, 3.63) is 94.8 Å². The van der Waals surface area contributed by atoms with E-state index in [0.717, 1.165) is 22.1 Å². The Morgan fingerprint density at radius 3 is 1.77 bits per heavy atom. The smallest absolute Gasteiger partial charge is 0.258 e. The van der Waals surface area contributed by atoms with Crippen molar-refractivity contribution in [3.8, 4) is 22.4 Å². The molecule has 0 spiro atoms. The van der Waals surface area contributed by atoms with Gasteiger partial charge in [-0.1, -0.05) is 30.3 Å². The van der Waals surface area contributed by atoms with Gasteiger partial charge in [-0.25, -0.2) is 8.78 Å². The number of aromatic nitrogens is 1. The van der Waals surface area contributed by atoms with Crippen LogP contribution in [0.25, 0.3) is 33.2 Å². The van der Waals surface area contributed by atoms with E-state index >= 15 is 0 Å². The molecular formula is C22H15F2NO. The van der Waals surface area contributed by atoms with Crippen LogP contribution in [0, 0.1) is 11.6 Å². The molecule has 0 bridgehead atoms. The average Bonchev–Trinajstić information content (AvgIpc) is 2.66. The zero-order valence-corrected chi connectivity index (χ0v) is 14.0. The molecule has 0 saturated carbocycles. The van der Waals surface area contributed by atoms with Gasteiger partial charge >= 0.3 is 0 Å². The van der Waals surface area contributed by atoms with Gasteiger partial charge in [-0.15, -0.1) is 0 Å². The maximum absolute atomic E-state index is 13.4. The quantitative estimate of drug-likeness (QED) is 0.491. The molecule has 0 atom stereocenters. The second kappa shape index (κ2) is 6.23. The number of hydrogen-bond acceptors (Lipinski definition) is 1. The molecule has 1 heterocycles. The molecule has 4 aromatic rings. The van der Waals surface area contributed by atoms with Crippen molar-refractivity contribution in [2.24, 2.45) is 7.05 Å². The first kappa shape index (κ1) is 16.2. The first-order valence-corrected chi connectivity index (χ1v) is 8.20. The van der Waals surface area contributed by atoms with Gasteiger partial charge in [0.25, 0.3) is 5.56 Å². The normalized spacial score (nSPS) is 11.0. The van der Waals surface area contributed by atoms with E-state index in [1.54, 1.807) is 41.9 Å². The molecule has 3 aromatic carbocycles. The minimum absolute atomic E-state index is 0.134. The molecule has 0 saturated heterocycles. The topological polar surface area (TPSA) is 22.0 Å². The Morgan fingerprint density at radius 1 is 0.692 bits per heavy atom. The van der Waals surface area contributed by atoms with Gasteiger partial charge in [-0.3, -0.25) is 4.79 Å². The molecular weight excluding hydrogens is 332 g/mol. The van der Waals surface area contributed by atoms with Gasteiger partial charge in [0, 0.05) is 18.0 Å². The molecule has 26 heavy (non-hydrogen) atoms. The molecule has 0 aliphatic rings. The third-order valence-electron chi connectivity index (χ3n) is 4.55. The molecule has 1 aromatic heterocycles. The van der Waals surface area contributed by atoms with Crippen molar-refractivity contribution in [2.75, 3.05) is 0 Å². The van der Waals surface area contributed by atoms with Crippen LogP contribution < -0.4 is 5.56 Å². The number of pyridine rings is 1. The van der Waals surface area contributed by atoms with Crippen LogP contribution in [0.5, 0.6) is 0 Å². The standard InChI is InChI=1S/C22H15F2NO/c1-25-21(15-8-12-17(24)13-9-15)20(14-6-10-16(23)11-7-14)18-4-2-3-5-19(18)22(25)26/h2-13H,1H3. The van der Waals surface area contributed by atoms with Gasteiger partial charge in [0.15, 0.2) is 0 Å². The fraction of sp³-hybridized carbons (Fsp3) is 0.0455. The van der Waals surface area contributed by atoms with Gasteiger partial charge in [0.2, 0.25) is 0 Å². The molecule has 4 heteroatoms. The van der Waals surface area contributed by atoms with Gasteiger partial charge in [-0.05, 0) is 59.0 Å². The average molecular weight is 347 g/mol. The Labute approximate surface area is 149 Å². The Kier molecular flexibility index (Phi) is 3.88. The van der Waals surface area contributed by atoms with Crippen LogP contribution in [-0.2, 0) is 7.05 Å². The molecule has 2 nitrogen and oxygen atoms in total. The highest BCUT2D eigenvalue weighted by atomic mass is 19.1. The molecule has 4 rings (SSSR count). The fourth-order valence-electron chi connectivity index (χ4n) is 3.32. The lowest BCUT2D eigenvalue weighted by atomic mass is 9.93. The van der Waals surface area contributed by atoms with Crippen LogP contribution in [0.1, 0.15) is 0 Å². The lowest BCUT2D eigenvalue weighted by molar-refractivity contribution is 0.627. The largest absolute Gasteiger partial charge is 0.310 e. The number of fused-ring (bicyclic) bond motifs is 1. The van der Waals surface area contributed by atoms with E-state index in [0.29, 0.717) is 11.1 Å². The summed E-state index contributed by atoms with van der Waals surface area (Å²) in [6.45, 7) is 0. The molecule has 0 unspecified atom stereocenters. The van der Waals surface area contributed by atoms with E-state index in [2.05, 4.69) is 0 Å². The Balaban J connectivity index is 2.17. The van der Waals surface area contributed by atoms with E-state index in [-0.39, 0.29) is 17.2 Å². The molecule has 0 N–H and O–H groups in total. The summed E-state index contributed by atoms with van der Waals surface area (Å²) >= 11 is 0. The second-order valence-electron chi connectivity index (χ2n) is 6.15. The van der Waals surface area contributed by atoms with Crippen molar-refractivity contribution in [1.29, 1.82) is 0 Å². The van der Waals surface area contributed by atoms with E-state index in [9.17, 15) is 13.6 Å². The van der Waals surface area contributed by atoms with Crippen molar-refractivity contribution in [1.82, 2.24) is 4.57 Å². The Bertz CT molecular complexity index is 1160. The molecule has 128 valence electrons. The van der Waals surface area contributed by atoms with E-state index < -0.39 is 0 Å². The monoisotopic (exact) mass is 347 g/mol. The lowest BCUT2D eigenvalue weighted by Crippen LogP contribution is -2.19. The molecule has 0 fully saturated rings. The van der Waals surface area contributed by atoms with Gasteiger partial charge in [0.1, 0.15) is 11.6 Å². The minimum atomic E-state index is -0.345. The number of halogens is 2. The number of benzene rings is 3. The predicted molar refractivity (Wildman–Crippen MR) is 100.0 cm³/mol. The lowest BCUT2D eigenvalue weighted by Gasteiger charge is -2.18. The number of hydrogen-bond donors (Lipinski definition) is 0. The van der Waals surface area contributed by atoms with Crippen LogP contribution in [-0.4, -0.2) is 4.57 Å². The summed E-state index contributed by atoms with van der Waals surface area (Å²) in [6, 6.07) is 19.5. The highest BCUT2D eigenvalue weighted by molar-refractivity contribution is 6.02. The number of rotatable bonds is 2. The third-order valence-corrected chi connectivity index (χ3v) is 4.55. The predicted octanol–water partition coefficient (Wildman–Crippen LogP) is 5.15. The summed E-state index contributed by atoms with van der Waals surface area (Å²) in [7, 11) is 1.69. The van der Waals surface area contributed by atoms with Crippen molar-refractivity contribution < 1.29 is 8.78 Å². The highest BCUT2D eigenvalue weighted by Gasteiger charge is 2.17. The van der Waals surface area contributed by atoms with E-state index in [1.807, 2.05) is 18.2 Å². The van der Waals surface area contributed by atoms with Crippen LogP contribution >= 0.6 is 0 Å². The van der Waals surface area contributed by atoms with Crippen molar-refractivity contribution >= 4 is 10.8 Å². The maximum atomic E-state index is 13.4. The van der Waals surface area contributed by atoms with Crippen LogP contribution in [0.15, 0.2) is 77.6 Å². The third kappa shape index (κ3) is 2.60. The summed E-state index contributed by atoms with van der Waals surface area (Å²) in [6.07, 6.45) is 0. The highest BCUT2D eigenvalue weighted by Crippen LogP contribution is 2.36.